The van der Waals surface area contributed by atoms with Gasteiger partial charge in [-0.25, -0.2) is 18.6 Å². The molecule has 0 aliphatic heterocycles. The Morgan fingerprint density at radius 2 is 1.75 bits per heavy atom. The Bertz CT molecular complexity index is 1140. The molecule has 2 heterocycles. The van der Waals surface area contributed by atoms with Crippen molar-refractivity contribution in [2.75, 3.05) is 21.3 Å². The number of carbonyl (C=O) groups is 1. The highest BCUT2D eigenvalue weighted by atomic mass is 19.2. The van der Waals surface area contributed by atoms with Crippen molar-refractivity contribution in [1.82, 2.24) is 14.5 Å². The van der Waals surface area contributed by atoms with Crippen LogP contribution < -0.4 is 9.47 Å². The van der Waals surface area contributed by atoms with Crippen LogP contribution in [0.5, 0.6) is 11.8 Å². The number of methoxy groups -OCH3 is 3. The second-order valence-corrected chi connectivity index (χ2v) is 7.84. The second-order valence-electron chi connectivity index (χ2n) is 7.84. The van der Waals surface area contributed by atoms with E-state index >= 15 is 0 Å². The van der Waals surface area contributed by atoms with Gasteiger partial charge in [0.15, 0.2) is 11.6 Å². The van der Waals surface area contributed by atoms with Crippen LogP contribution in [0.4, 0.5) is 8.78 Å². The van der Waals surface area contributed by atoms with E-state index in [2.05, 4.69) is 9.97 Å². The lowest BCUT2D eigenvalue weighted by Gasteiger charge is -2.30. The molecule has 1 aliphatic carbocycles. The molecule has 1 fully saturated rings. The van der Waals surface area contributed by atoms with Crippen LogP contribution in [0, 0.1) is 17.6 Å². The zero-order valence-corrected chi connectivity index (χ0v) is 18.2. The Kier molecular flexibility index (Phi) is 6.25. The summed E-state index contributed by atoms with van der Waals surface area (Å²) in [5.74, 6) is -1.65. The summed E-state index contributed by atoms with van der Waals surface area (Å²) in [5, 5.41) is 0. The minimum Gasteiger partial charge on any atom is -0.481 e. The summed E-state index contributed by atoms with van der Waals surface area (Å²) in [6.45, 7) is 0. The molecule has 0 radical (unpaired) electrons. The number of carbonyl (C=O) groups excluding carboxylic acids is 1. The Balaban J connectivity index is 2.01. The molecule has 7 nitrogen and oxygen atoms in total. The Labute approximate surface area is 184 Å². The van der Waals surface area contributed by atoms with Crippen molar-refractivity contribution in [3.8, 4) is 23.1 Å². The predicted octanol–water partition coefficient (Wildman–Crippen LogP) is 4.69. The van der Waals surface area contributed by atoms with Crippen LogP contribution in [0.1, 0.15) is 38.1 Å². The van der Waals surface area contributed by atoms with Crippen LogP contribution in [0.25, 0.3) is 22.4 Å². The van der Waals surface area contributed by atoms with E-state index < -0.39 is 23.6 Å². The molecule has 0 N–H and O–H groups in total. The number of ether oxygens (including phenoxy) is 3. The quantitative estimate of drug-likeness (QED) is 0.513. The second kappa shape index (κ2) is 9.10. The van der Waals surface area contributed by atoms with Crippen molar-refractivity contribution in [2.24, 2.45) is 5.92 Å². The van der Waals surface area contributed by atoms with Gasteiger partial charge < -0.3 is 18.8 Å². The molecule has 0 amide bonds. The van der Waals surface area contributed by atoms with Crippen molar-refractivity contribution < 1.29 is 27.8 Å². The van der Waals surface area contributed by atoms with E-state index in [1.54, 1.807) is 16.7 Å². The van der Waals surface area contributed by atoms with Gasteiger partial charge in [-0.2, -0.15) is 4.98 Å². The number of fused-ring (bicyclic) bond motifs is 1. The van der Waals surface area contributed by atoms with Gasteiger partial charge in [-0.15, -0.1) is 0 Å². The number of hydrogen-bond acceptors (Lipinski definition) is 6. The molecule has 3 aromatic rings. The minimum absolute atomic E-state index is 0.0299. The van der Waals surface area contributed by atoms with Gasteiger partial charge in [-0.1, -0.05) is 19.3 Å². The molecule has 9 heteroatoms. The summed E-state index contributed by atoms with van der Waals surface area (Å²) in [5.41, 5.74) is 0.995. The smallest absolute Gasteiger partial charge is 0.329 e. The highest BCUT2D eigenvalue weighted by Crippen LogP contribution is 2.41. The number of esters is 1. The molecule has 0 bridgehead atoms. The number of halogens is 2. The first-order valence-corrected chi connectivity index (χ1v) is 10.5. The van der Waals surface area contributed by atoms with Crippen molar-refractivity contribution >= 4 is 17.0 Å². The van der Waals surface area contributed by atoms with Gasteiger partial charge in [0.05, 0.1) is 37.9 Å². The normalized spacial score (nSPS) is 15.5. The molecule has 1 saturated carbocycles. The third-order valence-electron chi connectivity index (χ3n) is 6.03. The number of pyridine rings is 1. The lowest BCUT2D eigenvalue weighted by molar-refractivity contribution is -0.146. The maximum atomic E-state index is 14.3. The van der Waals surface area contributed by atoms with Crippen LogP contribution in [-0.4, -0.2) is 41.8 Å². The molecule has 0 spiro atoms. The highest BCUT2D eigenvalue weighted by Gasteiger charge is 2.36. The fourth-order valence-corrected chi connectivity index (χ4v) is 4.50. The van der Waals surface area contributed by atoms with Crippen molar-refractivity contribution in [2.45, 2.75) is 38.1 Å². The Morgan fingerprint density at radius 1 is 1.03 bits per heavy atom. The summed E-state index contributed by atoms with van der Waals surface area (Å²) < 4.78 is 45.8. The third-order valence-corrected chi connectivity index (χ3v) is 6.03. The van der Waals surface area contributed by atoms with Crippen LogP contribution >= 0.6 is 0 Å². The first-order chi connectivity index (χ1) is 15.5. The van der Waals surface area contributed by atoms with Gasteiger partial charge in [0, 0.05) is 18.2 Å². The first-order valence-electron chi connectivity index (χ1n) is 10.5. The molecular formula is C23H25F2N3O4. The van der Waals surface area contributed by atoms with Crippen LogP contribution in [0.2, 0.25) is 0 Å². The SMILES string of the molecule is COC(=O)C(C1CCCCC1)n1c(-c2ccc(OC)nc2OC)nc2cc(F)c(F)cc21. The lowest BCUT2D eigenvalue weighted by Crippen LogP contribution is -2.30. The van der Waals surface area contributed by atoms with E-state index in [9.17, 15) is 13.6 Å². The van der Waals surface area contributed by atoms with E-state index in [1.165, 1.54) is 21.3 Å². The summed E-state index contributed by atoms with van der Waals surface area (Å²) in [7, 11) is 4.27. The first kappa shape index (κ1) is 22.0. The molecule has 4 rings (SSSR count). The molecule has 170 valence electrons. The number of nitrogens with zero attached hydrogens (tertiary/aromatic N) is 3. The number of aromatic nitrogens is 3. The fourth-order valence-electron chi connectivity index (χ4n) is 4.50. The average Bonchev–Trinajstić information content (AvgIpc) is 3.17. The zero-order valence-electron chi connectivity index (χ0n) is 18.2. The average molecular weight is 445 g/mol. The van der Waals surface area contributed by atoms with Crippen LogP contribution in [0.15, 0.2) is 24.3 Å². The number of imidazole rings is 1. The van der Waals surface area contributed by atoms with E-state index in [1.807, 2.05) is 0 Å². The van der Waals surface area contributed by atoms with E-state index in [4.69, 9.17) is 14.2 Å². The van der Waals surface area contributed by atoms with Crippen molar-refractivity contribution in [3.05, 3.63) is 35.9 Å². The fraction of sp³-hybridized carbons (Fsp3) is 0.435. The van der Waals surface area contributed by atoms with E-state index in [0.29, 0.717) is 22.8 Å². The predicted molar refractivity (Wildman–Crippen MR) is 114 cm³/mol. The molecular weight excluding hydrogens is 420 g/mol. The van der Waals surface area contributed by atoms with Crippen molar-refractivity contribution in [3.63, 3.8) is 0 Å². The summed E-state index contributed by atoms with van der Waals surface area (Å²) in [6, 6.07) is 4.69. The molecule has 1 atom stereocenters. The van der Waals surface area contributed by atoms with Crippen LogP contribution in [-0.2, 0) is 9.53 Å². The Morgan fingerprint density at radius 3 is 2.41 bits per heavy atom. The van der Waals surface area contributed by atoms with Crippen LogP contribution in [0.3, 0.4) is 0 Å². The molecule has 1 unspecified atom stereocenters. The minimum atomic E-state index is -1.02. The lowest BCUT2D eigenvalue weighted by atomic mass is 9.83. The van der Waals surface area contributed by atoms with Gasteiger partial charge in [0.2, 0.25) is 11.8 Å². The molecule has 32 heavy (non-hydrogen) atoms. The molecule has 1 aromatic carbocycles. The zero-order chi connectivity index (χ0) is 22.8. The van der Waals surface area contributed by atoms with E-state index in [0.717, 1.165) is 44.2 Å². The standard InChI is InChI=1S/C23H25F2N3O4/c1-30-19-10-9-14(22(27-19)31-2)21-26-17-11-15(24)16(25)12-18(17)28(21)20(23(29)32-3)13-7-5-4-6-8-13/h9-13,20H,4-8H2,1-3H3. The van der Waals surface area contributed by atoms with E-state index in [-0.39, 0.29) is 17.3 Å². The molecule has 1 aliphatic rings. The van der Waals surface area contributed by atoms with Gasteiger partial charge in [0.25, 0.3) is 0 Å². The third kappa shape index (κ3) is 3.87. The van der Waals surface area contributed by atoms with Gasteiger partial charge in [0.1, 0.15) is 11.9 Å². The number of rotatable bonds is 6. The van der Waals surface area contributed by atoms with Gasteiger partial charge in [-0.05, 0) is 24.8 Å². The Hall–Kier alpha value is -3.23. The number of benzene rings is 1. The summed E-state index contributed by atoms with van der Waals surface area (Å²) in [6.07, 6.45) is 4.70. The monoisotopic (exact) mass is 445 g/mol. The topological polar surface area (TPSA) is 75.5 Å². The number of hydrogen-bond donors (Lipinski definition) is 0. The highest BCUT2D eigenvalue weighted by molar-refractivity contribution is 5.86. The van der Waals surface area contributed by atoms with Gasteiger partial charge >= 0.3 is 5.97 Å². The largest absolute Gasteiger partial charge is 0.481 e. The molecule has 2 aromatic heterocycles. The maximum Gasteiger partial charge on any atom is 0.329 e. The maximum absolute atomic E-state index is 14.3. The van der Waals surface area contributed by atoms with Gasteiger partial charge in [-0.3, -0.25) is 0 Å². The molecule has 0 saturated heterocycles. The van der Waals surface area contributed by atoms with Crippen molar-refractivity contribution in [1.29, 1.82) is 0 Å². The summed E-state index contributed by atoms with van der Waals surface area (Å²) >= 11 is 0. The summed E-state index contributed by atoms with van der Waals surface area (Å²) in [4.78, 5) is 21.9.